The molecule has 1 amide bonds. The number of aromatic nitrogens is 2. The van der Waals surface area contributed by atoms with Crippen LogP contribution in [0.4, 0.5) is 21.7 Å². The zero-order valence-corrected chi connectivity index (χ0v) is 21.5. The highest BCUT2D eigenvalue weighted by Gasteiger charge is 2.27. The summed E-state index contributed by atoms with van der Waals surface area (Å²) in [5.41, 5.74) is 2.40. The second kappa shape index (κ2) is 10.3. The van der Waals surface area contributed by atoms with E-state index in [-0.39, 0.29) is 40.3 Å². The van der Waals surface area contributed by atoms with Crippen LogP contribution >= 0.6 is 0 Å². The average Bonchev–Trinajstić information content (AvgIpc) is 3.66. The van der Waals surface area contributed by atoms with Gasteiger partial charge in [-0.25, -0.2) is 17.8 Å². The van der Waals surface area contributed by atoms with Crippen molar-refractivity contribution in [1.29, 1.82) is 0 Å². The molecule has 0 saturated heterocycles. The number of anilines is 3. The molecule has 2 aromatic heterocycles. The zero-order chi connectivity index (χ0) is 26.9. The van der Waals surface area contributed by atoms with Crippen molar-refractivity contribution in [2.24, 2.45) is 0 Å². The SMILES string of the molecule is CCC(=O)N(c1ccc(S(=O)(=O)Nc2ccon2)cn1)c1cc(F)c(-c2cccc(C3CC3)c2)cc1OC. The molecule has 11 heteroatoms. The maximum absolute atomic E-state index is 15.5. The fourth-order valence-electron chi connectivity index (χ4n) is 4.15. The van der Waals surface area contributed by atoms with Gasteiger partial charge < -0.3 is 9.26 Å². The summed E-state index contributed by atoms with van der Waals surface area (Å²) in [7, 11) is -2.56. The van der Waals surface area contributed by atoms with E-state index in [2.05, 4.69) is 19.4 Å². The Morgan fingerprint density at radius 2 is 2.00 bits per heavy atom. The first-order chi connectivity index (χ1) is 18.3. The van der Waals surface area contributed by atoms with Gasteiger partial charge in [-0.05, 0) is 48.1 Å². The molecule has 0 bridgehead atoms. The summed E-state index contributed by atoms with van der Waals surface area (Å²) in [6.07, 6.45) is 4.69. The normalized spacial score (nSPS) is 13.2. The van der Waals surface area contributed by atoms with Gasteiger partial charge in [-0.2, -0.15) is 0 Å². The number of pyridine rings is 1. The third-order valence-electron chi connectivity index (χ3n) is 6.24. The molecule has 4 aromatic rings. The Balaban J connectivity index is 1.51. The number of carbonyl (C=O) groups excluding carboxylic acids is 1. The Hall–Kier alpha value is -4.25. The summed E-state index contributed by atoms with van der Waals surface area (Å²) >= 11 is 0. The minimum absolute atomic E-state index is 0.0137. The topological polar surface area (TPSA) is 115 Å². The summed E-state index contributed by atoms with van der Waals surface area (Å²) in [6.45, 7) is 1.66. The van der Waals surface area contributed by atoms with E-state index in [9.17, 15) is 13.2 Å². The molecule has 1 fully saturated rings. The number of halogens is 1. The highest BCUT2D eigenvalue weighted by Crippen LogP contribution is 2.43. The standard InChI is InChI=1S/C27H25FN4O5S/c1-3-27(33)32(26-10-9-20(16-29-26)38(34,35)31-25-11-12-37-30-25)23-15-22(28)21(14-24(23)36-2)19-6-4-5-18(13-19)17-7-8-17/h4-6,9-17H,3,7-8H2,1-2H3,(H,30,31). The van der Waals surface area contributed by atoms with Crippen LogP contribution in [0.15, 0.2) is 76.5 Å². The lowest BCUT2D eigenvalue weighted by atomic mass is 9.99. The molecule has 0 atom stereocenters. The number of nitrogens with one attached hydrogen (secondary N) is 1. The van der Waals surface area contributed by atoms with E-state index in [1.165, 1.54) is 48.1 Å². The van der Waals surface area contributed by atoms with Crippen molar-refractivity contribution < 1.29 is 26.9 Å². The maximum atomic E-state index is 15.5. The van der Waals surface area contributed by atoms with Crippen molar-refractivity contribution in [3.63, 3.8) is 0 Å². The van der Waals surface area contributed by atoms with Crippen molar-refractivity contribution in [3.8, 4) is 16.9 Å². The molecule has 196 valence electrons. The van der Waals surface area contributed by atoms with Gasteiger partial charge in [-0.3, -0.25) is 14.4 Å². The summed E-state index contributed by atoms with van der Waals surface area (Å²) in [5, 5.41) is 3.53. The van der Waals surface area contributed by atoms with Crippen LogP contribution in [0.25, 0.3) is 11.1 Å². The maximum Gasteiger partial charge on any atom is 0.264 e. The van der Waals surface area contributed by atoms with Gasteiger partial charge in [0.05, 0.1) is 12.8 Å². The lowest BCUT2D eigenvalue weighted by molar-refractivity contribution is -0.117. The van der Waals surface area contributed by atoms with Crippen LogP contribution in [0.1, 0.15) is 37.7 Å². The third kappa shape index (κ3) is 5.10. The number of nitrogens with zero attached hydrogens (tertiary/aromatic N) is 3. The van der Waals surface area contributed by atoms with Crippen molar-refractivity contribution >= 4 is 33.3 Å². The van der Waals surface area contributed by atoms with E-state index < -0.39 is 15.8 Å². The minimum Gasteiger partial charge on any atom is -0.495 e. The number of benzene rings is 2. The second-order valence-corrected chi connectivity index (χ2v) is 10.5. The Labute approximate surface area is 219 Å². The van der Waals surface area contributed by atoms with Crippen LogP contribution in [-0.2, 0) is 14.8 Å². The lowest BCUT2D eigenvalue weighted by Gasteiger charge is -2.24. The Morgan fingerprint density at radius 3 is 2.63 bits per heavy atom. The molecule has 9 nitrogen and oxygen atoms in total. The molecule has 5 rings (SSSR count). The molecule has 0 aliphatic heterocycles. The summed E-state index contributed by atoms with van der Waals surface area (Å²) in [4.78, 5) is 18.3. The van der Waals surface area contributed by atoms with Gasteiger partial charge in [0.15, 0.2) is 5.82 Å². The molecule has 1 saturated carbocycles. The van der Waals surface area contributed by atoms with Crippen LogP contribution in [0.3, 0.4) is 0 Å². The fraction of sp³-hybridized carbons (Fsp3) is 0.222. The van der Waals surface area contributed by atoms with Gasteiger partial charge in [0.1, 0.15) is 28.5 Å². The van der Waals surface area contributed by atoms with Gasteiger partial charge >= 0.3 is 0 Å². The van der Waals surface area contributed by atoms with Crippen molar-refractivity contribution in [3.05, 3.63) is 78.4 Å². The predicted molar refractivity (Wildman–Crippen MR) is 139 cm³/mol. The van der Waals surface area contributed by atoms with Crippen LogP contribution < -0.4 is 14.4 Å². The minimum atomic E-state index is -4.00. The van der Waals surface area contributed by atoms with Crippen LogP contribution in [0.5, 0.6) is 5.75 Å². The second-order valence-electron chi connectivity index (χ2n) is 8.83. The summed E-state index contributed by atoms with van der Waals surface area (Å²) in [5.74, 6) is -0.000926. The number of methoxy groups -OCH3 is 1. The molecule has 1 N–H and O–H groups in total. The fourth-order valence-corrected chi connectivity index (χ4v) is 5.09. The Morgan fingerprint density at radius 1 is 1.18 bits per heavy atom. The van der Waals surface area contributed by atoms with Gasteiger partial charge in [-0.15, -0.1) is 0 Å². The van der Waals surface area contributed by atoms with Gasteiger partial charge in [-0.1, -0.05) is 36.3 Å². The van der Waals surface area contributed by atoms with Crippen LogP contribution in [0, 0.1) is 5.82 Å². The van der Waals surface area contributed by atoms with Crippen molar-refractivity contribution in [2.45, 2.75) is 37.0 Å². The molecule has 0 unspecified atom stereocenters. The summed E-state index contributed by atoms with van der Waals surface area (Å²) in [6, 6.07) is 14.6. The predicted octanol–water partition coefficient (Wildman–Crippen LogP) is 5.64. The van der Waals surface area contributed by atoms with Crippen molar-refractivity contribution in [1.82, 2.24) is 10.1 Å². The smallest absolute Gasteiger partial charge is 0.264 e. The number of sulfonamides is 1. The van der Waals surface area contributed by atoms with Crippen LogP contribution in [-0.4, -0.2) is 31.6 Å². The highest BCUT2D eigenvalue weighted by molar-refractivity contribution is 7.92. The third-order valence-corrected chi connectivity index (χ3v) is 7.58. The van der Waals surface area contributed by atoms with E-state index >= 15 is 4.39 Å². The molecule has 2 aromatic carbocycles. The molecule has 0 radical (unpaired) electrons. The molecule has 2 heterocycles. The number of ether oxygens (including phenoxy) is 1. The van der Waals surface area contributed by atoms with E-state index in [0.29, 0.717) is 11.5 Å². The summed E-state index contributed by atoms with van der Waals surface area (Å²) < 4.78 is 53.3. The number of amides is 1. The van der Waals surface area contributed by atoms with E-state index in [0.717, 1.165) is 24.6 Å². The van der Waals surface area contributed by atoms with Gasteiger partial charge in [0, 0.05) is 30.3 Å². The number of hydrogen-bond acceptors (Lipinski definition) is 7. The molecular formula is C27H25FN4O5S. The van der Waals surface area contributed by atoms with E-state index in [4.69, 9.17) is 4.74 Å². The van der Waals surface area contributed by atoms with Crippen LogP contribution in [0.2, 0.25) is 0 Å². The molecule has 1 aliphatic carbocycles. The van der Waals surface area contributed by atoms with Crippen molar-refractivity contribution in [2.75, 3.05) is 16.7 Å². The average molecular weight is 537 g/mol. The Kier molecular flexibility index (Phi) is 6.85. The first kappa shape index (κ1) is 25.4. The lowest BCUT2D eigenvalue weighted by Crippen LogP contribution is -2.26. The largest absolute Gasteiger partial charge is 0.495 e. The molecule has 38 heavy (non-hydrogen) atoms. The molecule has 1 aliphatic rings. The van der Waals surface area contributed by atoms with Gasteiger partial charge in [0.25, 0.3) is 10.0 Å². The van der Waals surface area contributed by atoms with E-state index in [1.54, 1.807) is 13.0 Å². The number of hydrogen-bond donors (Lipinski definition) is 1. The number of rotatable bonds is 9. The highest BCUT2D eigenvalue weighted by atomic mass is 32.2. The number of carbonyl (C=O) groups is 1. The first-order valence-corrected chi connectivity index (χ1v) is 13.5. The zero-order valence-electron chi connectivity index (χ0n) is 20.7. The monoisotopic (exact) mass is 536 g/mol. The van der Waals surface area contributed by atoms with E-state index in [1.807, 2.05) is 24.3 Å². The Bertz CT molecular complexity index is 1570. The quantitative estimate of drug-likeness (QED) is 0.294. The van der Waals surface area contributed by atoms with Gasteiger partial charge in [0.2, 0.25) is 5.91 Å². The molecule has 0 spiro atoms. The first-order valence-electron chi connectivity index (χ1n) is 12.0. The molecular weight excluding hydrogens is 511 g/mol.